The minimum Gasteiger partial charge on any atom is -0.507 e. The highest BCUT2D eigenvalue weighted by molar-refractivity contribution is 5.94. The number of aromatic hydroxyl groups is 2. The van der Waals surface area contributed by atoms with Gasteiger partial charge in [-0.15, -0.1) is 0 Å². The van der Waals surface area contributed by atoms with Crippen molar-refractivity contribution < 1.29 is 20.1 Å². The summed E-state index contributed by atoms with van der Waals surface area (Å²) in [5.74, 6) is -2.08. The van der Waals surface area contributed by atoms with Gasteiger partial charge < -0.3 is 15.3 Å². The molecule has 0 aliphatic heterocycles. The Kier molecular flexibility index (Phi) is 4.07. The minimum absolute atomic E-state index is 0.116. The van der Waals surface area contributed by atoms with Crippen molar-refractivity contribution in [3.05, 3.63) is 47.1 Å². The molecule has 112 valence electrons. The van der Waals surface area contributed by atoms with Crippen LogP contribution >= 0.6 is 0 Å². The Morgan fingerprint density at radius 1 is 1.33 bits per heavy atom. The molecule has 1 aliphatic rings. The van der Waals surface area contributed by atoms with E-state index in [1.54, 1.807) is 6.07 Å². The van der Waals surface area contributed by atoms with Gasteiger partial charge in [0.2, 0.25) is 0 Å². The SMILES string of the molecule is C=C(C)C1CCC(C)=CC1c1ccc(O)c(C(=O)O)c1O. The van der Waals surface area contributed by atoms with Gasteiger partial charge in [0.05, 0.1) is 0 Å². The number of carboxylic acids is 1. The second kappa shape index (κ2) is 5.64. The molecule has 4 nitrogen and oxygen atoms in total. The lowest BCUT2D eigenvalue weighted by Crippen LogP contribution is -2.17. The first kappa shape index (κ1) is 15.2. The molecule has 0 saturated carbocycles. The van der Waals surface area contributed by atoms with Crippen molar-refractivity contribution in [1.82, 2.24) is 0 Å². The quantitative estimate of drug-likeness (QED) is 0.739. The first-order chi connectivity index (χ1) is 9.82. The van der Waals surface area contributed by atoms with E-state index in [0.717, 1.165) is 18.4 Å². The topological polar surface area (TPSA) is 77.8 Å². The number of hydrogen-bond acceptors (Lipinski definition) is 3. The van der Waals surface area contributed by atoms with Gasteiger partial charge in [0.15, 0.2) is 0 Å². The van der Waals surface area contributed by atoms with Gasteiger partial charge in [-0.2, -0.15) is 0 Å². The third-order valence-corrected chi connectivity index (χ3v) is 4.14. The van der Waals surface area contributed by atoms with E-state index in [2.05, 4.69) is 12.7 Å². The number of rotatable bonds is 3. The summed E-state index contributed by atoms with van der Waals surface area (Å²) in [5, 5.41) is 29.1. The van der Waals surface area contributed by atoms with E-state index in [-0.39, 0.29) is 17.6 Å². The van der Waals surface area contributed by atoms with Crippen LogP contribution in [0.2, 0.25) is 0 Å². The Labute approximate surface area is 124 Å². The van der Waals surface area contributed by atoms with Crippen molar-refractivity contribution in [1.29, 1.82) is 0 Å². The fourth-order valence-corrected chi connectivity index (χ4v) is 3.00. The maximum Gasteiger partial charge on any atom is 0.343 e. The van der Waals surface area contributed by atoms with Crippen LogP contribution in [0.5, 0.6) is 11.5 Å². The second-order valence-corrected chi connectivity index (χ2v) is 5.73. The zero-order valence-electron chi connectivity index (χ0n) is 12.3. The van der Waals surface area contributed by atoms with Crippen LogP contribution in [0.3, 0.4) is 0 Å². The molecule has 0 radical (unpaired) electrons. The number of aromatic carboxylic acids is 1. The number of hydrogen-bond donors (Lipinski definition) is 3. The van der Waals surface area contributed by atoms with Crippen molar-refractivity contribution in [2.24, 2.45) is 5.92 Å². The van der Waals surface area contributed by atoms with Gasteiger partial charge in [-0.3, -0.25) is 0 Å². The Morgan fingerprint density at radius 3 is 2.57 bits per heavy atom. The molecular weight excluding hydrogens is 268 g/mol. The normalized spacial score (nSPS) is 21.7. The van der Waals surface area contributed by atoms with E-state index < -0.39 is 17.3 Å². The van der Waals surface area contributed by atoms with Crippen LogP contribution < -0.4 is 0 Å². The van der Waals surface area contributed by atoms with Gasteiger partial charge in [0, 0.05) is 11.5 Å². The van der Waals surface area contributed by atoms with E-state index in [1.807, 2.05) is 13.8 Å². The van der Waals surface area contributed by atoms with Gasteiger partial charge in [0.25, 0.3) is 0 Å². The Bertz CT molecular complexity index is 628. The molecule has 1 aromatic rings. The summed E-state index contributed by atoms with van der Waals surface area (Å²) in [6.07, 6.45) is 3.95. The monoisotopic (exact) mass is 288 g/mol. The molecule has 0 aromatic heterocycles. The average Bonchev–Trinajstić information content (AvgIpc) is 2.37. The summed E-state index contributed by atoms with van der Waals surface area (Å²) < 4.78 is 0. The zero-order valence-corrected chi connectivity index (χ0v) is 12.3. The van der Waals surface area contributed by atoms with Gasteiger partial charge >= 0.3 is 5.97 Å². The van der Waals surface area contributed by atoms with E-state index in [1.165, 1.54) is 11.6 Å². The first-order valence-electron chi connectivity index (χ1n) is 6.93. The molecule has 3 N–H and O–H groups in total. The van der Waals surface area contributed by atoms with Crippen molar-refractivity contribution in [3.8, 4) is 11.5 Å². The molecule has 0 saturated heterocycles. The lowest BCUT2D eigenvalue weighted by Gasteiger charge is -2.31. The van der Waals surface area contributed by atoms with Gasteiger partial charge in [-0.25, -0.2) is 4.79 Å². The fourth-order valence-electron chi connectivity index (χ4n) is 3.00. The maximum absolute atomic E-state index is 11.2. The van der Waals surface area contributed by atoms with Crippen LogP contribution in [0.4, 0.5) is 0 Å². The largest absolute Gasteiger partial charge is 0.507 e. The molecule has 1 aliphatic carbocycles. The standard InChI is InChI=1S/C17H20O4/c1-9(2)11-5-4-10(3)8-13(11)12-6-7-14(18)15(16(12)19)17(20)21/h6-8,11,13,18-19H,1,4-5H2,2-3H3,(H,20,21). The third kappa shape index (κ3) is 2.79. The molecule has 4 heteroatoms. The van der Waals surface area contributed by atoms with E-state index in [0.29, 0.717) is 5.56 Å². The number of carboxylic acid groups (broad SMARTS) is 1. The van der Waals surface area contributed by atoms with E-state index >= 15 is 0 Å². The molecular formula is C17H20O4. The smallest absolute Gasteiger partial charge is 0.343 e. The van der Waals surface area contributed by atoms with Crippen molar-refractivity contribution in [2.75, 3.05) is 0 Å². The number of carbonyl (C=O) groups is 1. The number of allylic oxidation sites excluding steroid dienone is 3. The second-order valence-electron chi connectivity index (χ2n) is 5.73. The number of benzene rings is 1. The highest BCUT2D eigenvalue weighted by Crippen LogP contribution is 2.44. The van der Waals surface area contributed by atoms with Crippen LogP contribution in [0.15, 0.2) is 35.9 Å². The lowest BCUT2D eigenvalue weighted by atomic mass is 9.74. The van der Waals surface area contributed by atoms with Crippen molar-refractivity contribution in [2.45, 2.75) is 32.6 Å². The lowest BCUT2D eigenvalue weighted by molar-refractivity contribution is 0.0690. The maximum atomic E-state index is 11.2. The summed E-state index contributed by atoms with van der Waals surface area (Å²) in [7, 11) is 0. The first-order valence-corrected chi connectivity index (χ1v) is 6.93. The highest BCUT2D eigenvalue weighted by Gasteiger charge is 2.30. The molecule has 21 heavy (non-hydrogen) atoms. The van der Waals surface area contributed by atoms with Crippen LogP contribution in [-0.2, 0) is 0 Å². The van der Waals surface area contributed by atoms with Crippen LogP contribution in [0, 0.1) is 5.92 Å². The zero-order chi connectivity index (χ0) is 15.7. The minimum atomic E-state index is -1.34. The molecule has 0 fully saturated rings. The van der Waals surface area contributed by atoms with Crippen molar-refractivity contribution in [3.63, 3.8) is 0 Å². The van der Waals surface area contributed by atoms with Crippen LogP contribution in [-0.4, -0.2) is 21.3 Å². The summed E-state index contributed by atoms with van der Waals surface area (Å²) >= 11 is 0. The molecule has 0 amide bonds. The van der Waals surface area contributed by atoms with E-state index in [4.69, 9.17) is 5.11 Å². The predicted octanol–water partition coefficient (Wildman–Crippen LogP) is 3.81. The predicted molar refractivity (Wildman–Crippen MR) is 80.8 cm³/mol. The molecule has 2 rings (SSSR count). The van der Waals surface area contributed by atoms with Gasteiger partial charge in [-0.05, 0) is 38.7 Å². The molecule has 2 unspecified atom stereocenters. The average molecular weight is 288 g/mol. The highest BCUT2D eigenvalue weighted by atomic mass is 16.4. The third-order valence-electron chi connectivity index (χ3n) is 4.14. The van der Waals surface area contributed by atoms with Crippen LogP contribution in [0.1, 0.15) is 48.5 Å². The summed E-state index contributed by atoms with van der Waals surface area (Å²) in [6.45, 7) is 7.98. The van der Waals surface area contributed by atoms with Gasteiger partial charge in [0.1, 0.15) is 17.1 Å². The molecule has 1 aromatic carbocycles. The summed E-state index contributed by atoms with van der Waals surface area (Å²) in [6, 6.07) is 2.92. The Morgan fingerprint density at radius 2 is 2.00 bits per heavy atom. The number of phenols is 2. The van der Waals surface area contributed by atoms with E-state index in [9.17, 15) is 15.0 Å². The molecule has 0 heterocycles. The Hall–Kier alpha value is -2.23. The molecule has 2 atom stereocenters. The Balaban J connectivity index is 2.59. The van der Waals surface area contributed by atoms with Crippen molar-refractivity contribution >= 4 is 5.97 Å². The summed E-state index contributed by atoms with van der Waals surface area (Å²) in [4.78, 5) is 11.2. The van der Waals surface area contributed by atoms with Crippen LogP contribution in [0.25, 0.3) is 0 Å². The summed E-state index contributed by atoms with van der Waals surface area (Å²) in [5.41, 5.74) is 2.30. The molecule has 0 spiro atoms. The molecule has 0 bridgehead atoms. The fraction of sp³-hybridized carbons (Fsp3) is 0.353. The van der Waals surface area contributed by atoms with Gasteiger partial charge in [-0.1, -0.05) is 29.9 Å².